The van der Waals surface area contributed by atoms with Crippen molar-refractivity contribution in [3.63, 3.8) is 0 Å². The van der Waals surface area contributed by atoms with Crippen LogP contribution in [0.2, 0.25) is 0 Å². The Morgan fingerprint density at radius 2 is 1.24 bits per heavy atom. The minimum Gasteiger partial charge on any atom is -0.454 e. The Hall–Kier alpha value is -3.22. The van der Waals surface area contributed by atoms with E-state index in [-0.39, 0.29) is 11.8 Å². The van der Waals surface area contributed by atoms with Gasteiger partial charge in [0.1, 0.15) is 6.10 Å². The molecule has 0 radical (unpaired) electrons. The van der Waals surface area contributed by atoms with Crippen LogP contribution in [-0.2, 0) is 9.47 Å². The number of thiophene rings is 2. The maximum atomic E-state index is 13.2. The van der Waals surface area contributed by atoms with Crippen LogP contribution in [0.25, 0.3) is 0 Å². The lowest BCUT2D eigenvalue weighted by atomic mass is 9.70. The summed E-state index contributed by atoms with van der Waals surface area (Å²) in [5, 5.41) is 7.25. The van der Waals surface area contributed by atoms with E-state index in [0.717, 1.165) is 22.3 Å². The first-order valence-corrected chi connectivity index (χ1v) is 13.0. The molecule has 2 heterocycles. The summed E-state index contributed by atoms with van der Waals surface area (Å²) < 4.78 is 12.3. The molecule has 0 aliphatic heterocycles. The van der Waals surface area contributed by atoms with E-state index in [1.807, 2.05) is 41.9 Å². The molecule has 2 aromatic carbocycles. The van der Waals surface area contributed by atoms with Crippen LogP contribution in [0.5, 0.6) is 0 Å². The van der Waals surface area contributed by atoms with Gasteiger partial charge in [-0.05, 0) is 52.1 Å². The van der Waals surface area contributed by atoms with Crippen LogP contribution in [0.15, 0.2) is 82.2 Å². The Bertz CT molecular complexity index is 1290. The average Bonchev–Trinajstić information content (AvgIpc) is 3.57. The molecule has 0 N–H and O–H groups in total. The van der Waals surface area contributed by atoms with Gasteiger partial charge in [-0.15, -0.1) is 0 Å². The Labute approximate surface area is 206 Å². The number of esters is 2. The van der Waals surface area contributed by atoms with Crippen molar-refractivity contribution < 1.29 is 19.1 Å². The quantitative estimate of drug-likeness (QED) is 0.289. The molecule has 6 heteroatoms. The highest BCUT2D eigenvalue weighted by atomic mass is 32.1. The van der Waals surface area contributed by atoms with Gasteiger partial charge in [-0.1, -0.05) is 55.5 Å². The van der Waals surface area contributed by atoms with Gasteiger partial charge in [0.15, 0.2) is 6.10 Å². The van der Waals surface area contributed by atoms with Crippen LogP contribution in [0.4, 0.5) is 0 Å². The monoisotopic (exact) mass is 488 g/mol. The Morgan fingerprint density at radius 1 is 0.706 bits per heavy atom. The third-order valence-corrected chi connectivity index (χ3v) is 7.86. The third-order valence-electron chi connectivity index (χ3n) is 6.49. The second-order valence-corrected chi connectivity index (χ2v) is 10.1. The number of ether oxygens (including phenoxy) is 2. The summed E-state index contributed by atoms with van der Waals surface area (Å²) in [6.45, 7) is 4.09. The zero-order chi connectivity index (χ0) is 23.7. The number of fused-ring (bicyclic) bond motifs is 1. The van der Waals surface area contributed by atoms with E-state index in [4.69, 9.17) is 9.47 Å². The van der Waals surface area contributed by atoms with Gasteiger partial charge in [0, 0.05) is 16.7 Å². The number of carbonyl (C=O) groups is 2. The number of rotatable bonds is 5. The van der Waals surface area contributed by atoms with Crippen molar-refractivity contribution in [2.45, 2.75) is 37.9 Å². The van der Waals surface area contributed by atoms with Crippen molar-refractivity contribution in [2.24, 2.45) is 0 Å². The highest BCUT2D eigenvalue weighted by Gasteiger charge is 2.46. The van der Waals surface area contributed by atoms with Crippen LogP contribution in [0.3, 0.4) is 0 Å². The SMILES string of the molecule is Cc1ccccc1[C@H]1c2ccccc2[C@H](C)C(OC(=O)c2ccsc2)C1OC(=O)c1ccsc1. The minimum absolute atomic E-state index is 0.153. The Morgan fingerprint density at radius 3 is 1.79 bits per heavy atom. The van der Waals surface area contributed by atoms with Crippen molar-refractivity contribution >= 4 is 34.6 Å². The van der Waals surface area contributed by atoms with Gasteiger partial charge >= 0.3 is 11.9 Å². The molecule has 0 saturated carbocycles. The maximum Gasteiger partial charge on any atom is 0.339 e. The molecule has 34 heavy (non-hydrogen) atoms. The van der Waals surface area contributed by atoms with Gasteiger partial charge in [0.25, 0.3) is 0 Å². The second-order valence-electron chi connectivity index (χ2n) is 8.52. The van der Waals surface area contributed by atoms with Crippen molar-refractivity contribution in [3.8, 4) is 0 Å². The van der Waals surface area contributed by atoms with Crippen molar-refractivity contribution in [3.05, 3.63) is 116 Å². The summed E-state index contributed by atoms with van der Waals surface area (Å²) >= 11 is 2.89. The van der Waals surface area contributed by atoms with Crippen LogP contribution < -0.4 is 0 Å². The summed E-state index contributed by atoms with van der Waals surface area (Å²) in [5.41, 5.74) is 5.35. The molecule has 0 spiro atoms. The highest BCUT2D eigenvalue weighted by molar-refractivity contribution is 7.08. The van der Waals surface area contributed by atoms with Crippen LogP contribution in [0, 0.1) is 6.92 Å². The minimum atomic E-state index is -0.680. The average molecular weight is 489 g/mol. The standard InChI is InChI=1S/C28H24O4S2/c1-17-7-3-4-8-21(17)24-23-10-6-5-9-22(23)18(2)25(31-27(29)19-11-13-33-15-19)26(24)32-28(30)20-12-14-34-16-20/h3-16,18,24-26H,1-2H3/t18-,24-,25?,26?/m0/s1. The van der Waals surface area contributed by atoms with E-state index in [1.165, 1.54) is 22.7 Å². The number of hydrogen-bond donors (Lipinski definition) is 0. The predicted octanol–water partition coefficient (Wildman–Crippen LogP) is 6.82. The van der Waals surface area contributed by atoms with Gasteiger partial charge in [-0.25, -0.2) is 9.59 Å². The third kappa shape index (κ3) is 4.19. The lowest BCUT2D eigenvalue weighted by Gasteiger charge is -2.42. The van der Waals surface area contributed by atoms with E-state index in [0.29, 0.717) is 11.1 Å². The molecule has 1 aliphatic rings. The topological polar surface area (TPSA) is 52.6 Å². The number of hydrogen-bond acceptors (Lipinski definition) is 6. The predicted molar refractivity (Wildman–Crippen MR) is 135 cm³/mol. The first kappa shape index (κ1) is 22.6. The van der Waals surface area contributed by atoms with Crippen molar-refractivity contribution in [1.29, 1.82) is 0 Å². The first-order valence-electron chi connectivity index (χ1n) is 11.2. The van der Waals surface area contributed by atoms with Crippen LogP contribution >= 0.6 is 22.7 Å². The molecule has 4 aromatic rings. The van der Waals surface area contributed by atoms with Gasteiger partial charge in [0.2, 0.25) is 0 Å². The Balaban J connectivity index is 1.63. The summed E-state index contributed by atoms with van der Waals surface area (Å²) in [6, 6.07) is 19.8. The molecular weight excluding hydrogens is 464 g/mol. The Kier molecular flexibility index (Phi) is 6.35. The van der Waals surface area contributed by atoms with Crippen LogP contribution in [0.1, 0.15) is 61.7 Å². The summed E-state index contributed by atoms with van der Waals surface area (Å²) in [4.78, 5) is 26.2. The van der Waals surface area contributed by atoms with Gasteiger partial charge < -0.3 is 9.47 Å². The molecule has 0 bridgehead atoms. The van der Waals surface area contributed by atoms with E-state index in [1.54, 1.807) is 22.9 Å². The van der Waals surface area contributed by atoms with E-state index in [9.17, 15) is 9.59 Å². The fraction of sp³-hybridized carbons (Fsp3) is 0.214. The largest absolute Gasteiger partial charge is 0.454 e. The molecule has 0 amide bonds. The molecule has 5 rings (SSSR count). The zero-order valence-corrected chi connectivity index (χ0v) is 20.5. The molecule has 2 aromatic heterocycles. The van der Waals surface area contributed by atoms with Gasteiger partial charge in [-0.3, -0.25) is 0 Å². The fourth-order valence-corrected chi connectivity index (χ4v) is 6.02. The molecule has 0 fully saturated rings. The number of benzene rings is 2. The van der Waals surface area contributed by atoms with Crippen molar-refractivity contribution in [1.82, 2.24) is 0 Å². The smallest absolute Gasteiger partial charge is 0.339 e. The summed E-state index contributed by atoms with van der Waals surface area (Å²) in [6.07, 6.45) is -1.32. The molecule has 4 nitrogen and oxygen atoms in total. The molecule has 172 valence electrons. The molecular formula is C28H24O4S2. The second kappa shape index (κ2) is 9.57. The van der Waals surface area contributed by atoms with Gasteiger partial charge in [-0.2, -0.15) is 22.7 Å². The highest BCUT2D eigenvalue weighted by Crippen LogP contribution is 2.46. The lowest BCUT2D eigenvalue weighted by molar-refractivity contribution is -0.0532. The van der Waals surface area contributed by atoms with E-state index >= 15 is 0 Å². The molecule has 2 unspecified atom stereocenters. The van der Waals surface area contributed by atoms with E-state index < -0.39 is 24.1 Å². The molecule has 1 aliphatic carbocycles. The van der Waals surface area contributed by atoms with Crippen molar-refractivity contribution in [2.75, 3.05) is 0 Å². The normalized spacial score (nSPS) is 21.5. The maximum absolute atomic E-state index is 13.2. The van der Waals surface area contributed by atoms with E-state index in [2.05, 4.69) is 31.2 Å². The number of aryl methyl sites for hydroxylation is 1. The number of carbonyl (C=O) groups excluding carboxylic acids is 2. The first-order chi connectivity index (χ1) is 16.5. The van der Waals surface area contributed by atoms with Gasteiger partial charge in [0.05, 0.1) is 17.0 Å². The zero-order valence-electron chi connectivity index (χ0n) is 18.8. The molecule has 0 saturated heterocycles. The molecule has 4 atom stereocenters. The fourth-order valence-electron chi connectivity index (χ4n) is 4.77. The van der Waals surface area contributed by atoms with Crippen LogP contribution in [-0.4, -0.2) is 24.1 Å². The lowest BCUT2D eigenvalue weighted by Crippen LogP contribution is -2.46. The summed E-state index contributed by atoms with van der Waals surface area (Å²) in [7, 11) is 0. The summed E-state index contributed by atoms with van der Waals surface area (Å²) in [5.74, 6) is -1.23.